The predicted octanol–water partition coefficient (Wildman–Crippen LogP) is 1.94. The fourth-order valence-corrected chi connectivity index (χ4v) is 1.50. The Morgan fingerprint density at radius 3 is 2.78 bits per heavy atom. The van der Waals surface area contributed by atoms with Gasteiger partial charge in [-0.25, -0.2) is 4.79 Å². The van der Waals surface area contributed by atoms with E-state index in [0.29, 0.717) is 25.2 Å². The standard InChI is InChI=1S/C12H14ClNO4/c1-14-11(15)3-2-6-18-8-4-5-10(13)9(7-8)12(16)17/h4-5,7H,2-3,6H2,1H3,(H,14,15)(H,16,17). The third kappa shape index (κ3) is 4.25. The van der Waals surface area contributed by atoms with Crippen LogP contribution in [-0.2, 0) is 4.79 Å². The van der Waals surface area contributed by atoms with Crippen LogP contribution in [0.5, 0.6) is 5.75 Å². The molecule has 1 amide bonds. The van der Waals surface area contributed by atoms with Crippen molar-refractivity contribution < 1.29 is 19.4 Å². The van der Waals surface area contributed by atoms with Crippen LogP contribution in [0.4, 0.5) is 0 Å². The number of carboxylic acids is 1. The van der Waals surface area contributed by atoms with Gasteiger partial charge < -0.3 is 15.2 Å². The summed E-state index contributed by atoms with van der Waals surface area (Å²) in [5.41, 5.74) is 0.000433. The fraction of sp³-hybridized carbons (Fsp3) is 0.333. The summed E-state index contributed by atoms with van der Waals surface area (Å²) in [6, 6.07) is 4.43. The molecule has 1 aromatic rings. The Morgan fingerprint density at radius 2 is 2.17 bits per heavy atom. The van der Waals surface area contributed by atoms with Crippen LogP contribution in [0.3, 0.4) is 0 Å². The molecule has 0 atom stereocenters. The molecule has 6 heteroatoms. The summed E-state index contributed by atoms with van der Waals surface area (Å²) in [5, 5.41) is 11.5. The molecule has 0 heterocycles. The lowest BCUT2D eigenvalue weighted by molar-refractivity contribution is -0.120. The van der Waals surface area contributed by atoms with Crippen molar-refractivity contribution in [1.29, 1.82) is 0 Å². The monoisotopic (exact) mass is 271 g/mol. The summed E-state index contributed by atoms with van der Waals surface area (Å²) in [5.74, 6) is -0.731. The molecule has 98 valence electrons. The maximum Gasteiger partial charge on any atom is 0.337 e. The van der Waals surface area contributed by atoms with Crippen molar-refractivity contribution in [3.8, 4) is 5.75 Å². The number of halogens is 1. The number of amides is 1. The molecule has 0 aliphatic rings. The SMILES string of the molecule is CNC(=O)CCCOc1ccc(Cl)c(C(=O)O)c1. The topological polar surface area (TPSA) is 75.6 Å². The molecule has 0 radical (unpaired) electrons. The van der Waals surface area contributed by atoms with E-state index in [1.165, 1.54) is 12.1 Å². The minimum absolute atomic E-state index is 0.000433. The van der Waals surface area contributed by atoms with E-state index in [2.05, 4.69) is 5.32 Å². The minimum atomic E-state index is -1.10. The number of nitrogens with one attached hydrogen (secondary N) is 1. The number of rotatable bonds is 6. The van der Waals surface area contributed by atoms with Crippen molar-refractivity contribution in [2.24, 2.45) is 0 Å². The first-order valence-electron chi connectivity index (χ1n) is 5.41. The largest absolute Gasteiger partial charge is 0.494 e. The van der Waals surface area contributed by atoms with Crippen LogP contribution >= 0.6 is 11.6 Å². The van der Waals surface area contributed by atoms with Gasteiger partial charge in [-0.1, -0.05) is 11.6 Å². The van der Waals surface area contributed by atoms with Crippen LogP contribution in [0.2, 0.25) is 5.02 Å². The molecule has 0 unspecified atom stereocenters. The molecule has 0 aromatic heterocycles. The zero-order valence-electron chi connectivity index (χ0n) is 9.90. The summed E-state index contributed by atoms with van der Waals surface area (Å²) in [6.07, 6.45) is 0.931. The Bertz CT molecular complexity index is 448. The van der Waals surface area contributed by atoms with Crippen LogP contribution in [-0.4, -0.2) is 30.6 Å². The van der Waals surface area contributed by atoms with E-state index in [-0.39, 0.29) is 16.5 Å². The van der Waals surface area contributed by atoms with Crippen molar-refractivity contribution in [2.75, 3.05) is 13.7 Å². The number of aromatic carboxylic acids is 1. The number of hydrogen-bond acceptors (Lipinski definition) is 3. The van der Waals surface area contributed by atoms with E-state index in [4.69, 9.17) is 21.4 Å². The summed E-state index contributed by atoms with van der Waals surface area (Å²) < 4.78 is 5.34. The summed E-state index contributed by atoms with van der Waals surface area (Å²) in [7, 11) is 1.57. The van der Waals surface area contributed by atoms with Gasteiger partial charge in [0.25, 0.3) is 0 Å². The maximum atomic E-state index is 10.9. The van der Waals surface area contributed by atoms with Crippen molar-refractivity contribution in [3.63, 3.8) is 0 Å². The van der Waals surface area contributed by atoms with Gasteiger partial charge in [-0.3, -0.25) is 4.79 Å². The second-order valence-electron chi connectivity index (χ2n) is 3.57. The zero-order valence-corrected chi connectivity index (χ0v) is 10.7. The Balaban J connectivity index is 2.50. The average molecular weight is 272 g/mol. The first-order chi connectivity index (χ1) is 8.54. The van der Waals surface area contributed by atoms with Crippen LogP contribution in [0.15, 0.2) is 18.2 Å². The van der Waals surface area contributed by atoms with E-state index >= 15 is 0 Å². The number of carbonyl (C=O) groups excluding carboxylic acids is 1. The van der Waals surface area contributed by atoms with Gasteiger partial charge in [-0.05, 0) is 24.6 Å². The van der Waals surface area contributed by atoms with Gasteiger partial charge in [0.1, 0.15) is 5.75 Å². The highest BCUT2D eigenvalue weighted by atomic mass is 35.5. The molecule has 2 N–H and O–H groups in total. The Kier molecular flexibility index (Phi) is 5.45. The second-order valence-corrected chi connectivity index (χ2v) is 3.98. The number of benzene rings is 1. The second kappa shape index (κ2) is 6.86. The molecule has 0 bridgehead atoms. The number of carboxylic acid groups (broad SMARTS) is 1. The molecule has 0 saturated heterocycles. The average Bonchev–Trinajstić information content (AvgIpc) is 2.35. The molecule has 0 aliphatic heterocycles. The lowest BCUT2D eigenvalue weighted by atomic mass is 10.2. The summed E-state index contributed by atoms with van der Waals surface area (Å²) in [6.45, 7) is 0.341. The Morgan fingerprint density at radius 1 is 1.44 bits per heavy atom. The highest BCUT2D eigenvalue weighted by Crippen LogP contribution is 2.22. The number of carbonyl (C=O) groups is 2. The maximum absolute atomic E-state index is 10.9. The van der Waals surface area contributed by atoms with E-state index < -0.39 is 5.97 Å². The summed E-state index contributed by atoms with van der Waals surface area (Å²) >= 11 is 5.72. The van der Waals surface area contributed by atoms with Crippen molar-refractivity contribution in [1.82, 2.24) is 5.32 Å². The van der Waals surface area contributed by atoms with Gasteiger partial charge in [-0.2, -0.15) is 0 Å². The van der Waals surface area contributed by atoms with Crippen molar-refractivity contribution in [3.05, 3.63) is 28.8 Å². The van der Waals surface area contributed by atoms with Gasteiger partial charge in [-0.15, -0.1) is 0 Å². The molecular weight excluding hydrogens is 258 g/mol. The summed E-state index contributed by atoms with van der Waals surface area (Å²) in [4.78, 5) is 21.8. The zero-order chi connectivity index (χ0) is 13.5. The van der Waals surface area contributed by atoms with E-state index in [1.807, 2.05) is 0 Å². The lowest BCUT2D eigenvalue weighted by Crippen LogP contribution is -2.18. The molecule has 1 aromatic carbocycles. The third-order valence-electron chi connectivity index (χ3n) is 2.26. The highest BCUT2D eigenvalue weighted by Gasteiger charge is 2.09. The van der Waals surface area contributed by atoms with E-state index in [1.54, 1.807) is 13.1 Å². The fourth-order valence-electron chi connectivity index (χ4n) is 1.31. The normalized spacial score (nSPS) is 9.89. The van der Waals surface area contributed by atoms with Crippen molar-refractivity contribution >= 4 is 23.5 Å². The van der Waals surface area contributed by atoms with Crippen molar-refractivity contribution in [2.45, 2.75) is 12.8 Å². The first-order valence-corrected chi connectivity index (χ1v) is 5.78. The molecule has 1 rings (SSSR count). The number of ether oxygens (including phenoxy) is 1. The molecule has 0 spiro atoms. The van der Waals surface area contributed by atoms with Gasteiger partial charge in [0, 0.05) is 13.5 Å². The molecule has 18 heavy (non-hydrogen) atoms. The van der Waals surface area contributed by atoms with Crippen LogP contribution in [0.1, 0.15) is 23.2 Å². The lowest BCUT2D eigenvalue weighted by Gasteiger charge is -2.07. The minimum Gasteiger partial charge on any atom is -0.494 e. The van der Waals surface area contributed by atoms with Crippen LogP contribution in [0, 0.1) is 0 Å². The third-order valence-corrected chi connectivity index (χ3v) is 2.59. The van der Waals surface area contributed by atoms with E-state index in [0.717, 1.165) is 0 Å². The predicted molar refractivity (Wildman–Crippen MR) is 67.2 cm³/mol. The smallest absolute Gasteiger partial charge is 0.337 e. The van der Waals surface area contributed by atoms with Crippen LogP contribution < -0.4 is 10.1 Å². The molecule has 0 fully saturated rings. The van der Waals surface area contributed by atoms with Gasteiger partial charge in [0.2, 0.25) is 5.91 Å². The highest BCUT2D eigenvalue weighted by molar-refractivity contribution is 6.33. The molecular formula is C12H14ClNO4. The van der Waals surface area contributed by atoms with Gasteiger partial charge in [0.15, 0.2) is 0 Å². The Labute approximate surface area is 110 Å². The molecule has 0 saturated carbocycles. The van der Waals surface area contributed by atoms with Crippen LogP contribution in [0.25, 0.3) is 0 Å². The van der Waals surface area contributed by atoms with E-state index in [9.17, 15) is 9.59 Å². The van der Waals surface area contributed by atoms with Gasteiger partial charge in [0.05, 0.1) is 17.2 Å². The quantitative estimate of drug-likeness (QED) is 0.776. The molecule has 5 nitrogen and oxygen atoms in total. The molecule has 0 aliphatic carbocycles. The number of hydrogen-bond donors (Lipinski definition) is 2. The Hall–Kier alpha value is -1.75. The van der Waals surface area contributed by atoms with Gasteiger partial charge >= 0.3 is 5.97 Å². The first kappa shape index (κ1) is 14.3.